The molecule has 8 heteroatoms. The molecule has 0 aliphatic carbocycles. The van der Waals surface area contributed by atoms with Gasteiger partial charge in [-0.2, -0.15) is 0 Å². The maximum absolute atomic E-state index is 10.7. The molecule has 0 spiro atoms. The van der Waals surface area contributed by atoms with Gasteiger partial charge in [-0.3, -0.25) is 9.36 Å². The van der Waals surface area contributed by atoms with Gasteiger partial charge in [-0.05, 0) is 30.4 Å². The van der Waals surface area contributed by atoms with Crippen LogP contribution in [0.15, 0.2) is 16.6 Å². The van der Waals surface area contributed by atoms with Crippen LogP contribution < -0.4 is 4.90 Å². The van der Waals surface area contributed by atoms with E-state index in [4.69, 9.17) is 5.11 Å². The van der Waals surface area contributed by atoms with E-state index in [2.05, 4.69) is 33.5 Å². The number of carboxylic acids is 1. The zero-order valence-electron chi connectivity index (χ0n) is 11.8. The van der Waals surface area contributed by atoms with Crippen molar-refractivity contribution in [1.29, 1.82) is 0 Å². The molecule has 1 aliphatic rings. The molecule has 1 N–H and O–H groups in total. The summed E-state index contributed by atoms with van der Waals surface area (Å²) in [5.74, 6) is -0.0537. The minimum Gasteiger partial charge on any atom is -0.481 e. The lowest BCUT2D eigenvalue weighted by atomic mass is 10.0. The van der Waals surface area contributed by atoms with Gasteiger partial charge < -0.3 is 10.0 Å². The average Bonchev–Trinajstić information content (AvgIpc) is 3.05. The summed E-state index contributed by atoms with van der Waals surface area (Å²) in [6.45, 7) is 3.08. The van der Waals surface area contributed by atoms with Crippen LogP contribution in [0.2, 0.25) is 0 Å². The molecule has 1 atom stereocenters. The number of aliphatic carboxylic acids is 1. The minimum absolute atomic E-state index is 0.00376. The first-order valence-electron chi connectivity index (χ1n) is 6.65. The highest BCUT2D eigenvalue weighted by Crippen LogP contribution is 2.35. The van der Waals surface area contributed by atoms with Crippen molar-refractivity contribution in [2.75, 3.05) is 17.2 Å². The van der Waals surface area contributed by atoms with Crippen LogP contribution in [0.3, 0.4) is 0 Å². The number of carboxylic acid groups (broad SMARTS) is 1. The Balaban J connectivity index is 1.83. The molecular weight excluding hydrogens is 308 g/mol. The van der Waals surface area contributed by atoms with Gasteiger partial charge in [0.2, 0.25) is 5.95 Å². The second-order valence-electron chi connectivity index (χ2n) is 4.94. The van der Waals surface area contributed by atoms with Crippen molar-refractivity contribution in [3.8, 4) is 0 Å². The average molecular weight is 324 g/mol. The molecule has 6 nitrogen and oxygen atoms in total. The molecule has 0 fully saturated rings. The quantitative estimate of drug-likeness (QED) is 0.869. The summed E-state index contributed by atoms with van der Waals surface area (Å²) in [7, 11) is 1.88. The Hall–Kier alpha value is -1.54. The lowest BCUT2D eigenvalue weighted by molar-refractivity contribution is -0.133. The van der Waals surface area contributed by atoms with Crippen LogP contribution in [0.4, 0.5) is 5.95 Å². The Morgan fingerprint density at radius 1 is 1.57 bits per heavy atom. The number of fused-ring (bicyclic) bond motifs is 1. The van der Waals surface area contributed by atoms with Crippen LogP contribution in [-0.2, 0) is 18.3 Å². The summed E-state index contributed by atoms with van der Waals surface area (Å²) in [6, 6.07) is 2.44. The number of hydrogen-bond acceptors (Lipinski definition) is 6. The highest BCUT2D eigenvalue weighted by Gasteiger charge is 2.28. The third kappa shape index (κ3) is 2.65. The summed E-state index contributed by atoms with van der Waals surface area (Å²) in [6.07, 6.45) is 1.02. The van der Waals surface area contributed by atoms with Crippen molar-refractivity contribution >= 4 is 35.0 Å². The van der Waals surface area contributed by atoms with Gasteiger partial charge in [-0.25, -0.2) is 0 Å². The van der Waals surface area contributed by atoms with Crippen LogP contribution in [-0.4, -0.2) is 38.1 Å². The third-order valence-electron chi connectivity index (χ3n) is 3.67. The third-order valence-corrected chi connectivity index (χ3v) is 5.67. The zero-order chi connectivity index (χ0) is 15.0. The van der Waals surface area contributed by atoms with Crippen molar-refractivity contribution in [2.45, 2.75) is 24.5 Å². The normalized spacial score (nSPS) is 17.8. The van der Waals surface area contributed by atoms with Crippen molar-refractivity contribution in [1.82, 2.24) is 14.8 Å². The fraction of sp³-hybridized carbons (Fsp3) is 0.462. The Labute approximate surface area is 130 Å². The Kier molecular flexibility index (Phi) is 3.90. The molecular formula is C13H16N4O2S2. The number of aromatic nitrogens is 3. The van der Waals surface area contributed by atoms with E-state index in [1.807, 2.05) is 23.0 Å². The second kappa shape index (κ2) is 5.69. The molecule has 0 amide bonds. The first kappa shape index (κ1) is 14.4. The van der Waals surface area contributed by atoms with Gasteiger partial charge in [-0.1, -0.05) is 11.8 Å². The molecule has 0 bridgehead atoms. The molecule has 2 aromatic heterocycles. The number of thioether (sulfide) groups is 1. The lowest BCUT2D eigenvalue weighted by Gasteiger charge is -2.33. The van der Waals surface area contributed by atoms with Crippen LogP contribution in [0.5, 0.6) is 0 Å². The number of hydrogen-bond donors (Lipinski definition) is 1. The van der Waals surface area contributed by atoms with E-state index in [1.165, 1.54) is 22.2 Å². The summed E-state index contributed by atoms with van der Waals surface area (Å²) < 4.78 is 1.88. The van der Waals surface area contributed by atoms with Crippen molar-refractivity contribution in [3.05, 3.63) is 21.9 Å². The first-order valence-corrected chi connectivity index (χ1v) is 8.51. The summed E-state index contributed by atoms with van der Waals surface area (Å²) >= 11 is 3.00. The smallest absolute Gasteiger partial charge is 0.313 e. The molecule has 3 heterocycles. The van der Waals surface area contributed by atoms with E-state index in [1.54, 1.807) is 0 Å². The molecule has 21 heavy (non-hydrogen) atoms. The molecule has 0 saturated heterocycles. The highest BCUT2D eigenvalue weighted by atomic mass is 32.2. The van der Waals surface area contributed by atoms with E-state index < -0.39 is 5.97 Å². The number of nitrogens with zero attached hydrogens (tertiary/aromatic N) is 4. The number of rotatable bonds is 4. The van der Waals surface area contributed by atoms with Gasteiger partial charge in [0.1, 0.15) is 0 Å². The molecule has 1 unspecified atom stereocenters. The van der Waals surface area contributed by atoms with Gasteiger partial charge in [0.15, 0.2) is 5.16 Å². The van der Waals surface area contributed by atoms with Crippen molar-refractivity contribution < 1.29 is 9.90 Å². The Morgan fingerprint density at radius 3 is 3.14 bits per heavy atom. The predicted molar refractivity (Wildman–Crippen MR) is 83.1 cm³/mol. The van der Waals surface area contributed by atoms with Gasteiger partial charge in [0.25, 0.3) is 0 Å². The maximum atomic E-state index is 10.7. The standard InChI is InChI=1S/C13H16N4O2S2/c1-8-9-4-6-20-10(9)3-5-17(8)12-14-15-13(16(12)2)21-7-11(18)19/h4,6,8H,3,5,7H2,1-2H3,(H,18,19). The molecule has 0 radical (unpaired) electrons. The summed E-state index contributed by atoms with van der Waals surface area (Å²) in [5, 5.41) is 19.9. The van der Waals surface area contributed by atoms with Gasteiger partial charge in [0, 0.05) is 18.5 Å². The van der Waals surface area contributed by atoms with E-state index in [9.17, 15) is 4.79 Å². The first-order chi connectivity index (χ1) is 10.1. The number of thiophene rings is 1. The van der Waals surface area contributed by atoms with Crippen LogP contribution in [0.25, 0.3) is 0 Å². The lowest BCUT2D eigenvalue weighted by Crippen LogP contribution is -2.34. The molecule has 0 aromatic carbocycles. The monoisotopic (exact) mass is 324 g/mol. The van der Waals surface area contributed by atoms with Crippen LogP contribution in [0, 0.1) is 0 Å². The molecule has 2 aromatic rings. The van der Waals surface area contributed by atoms with Crippen LogP contribution in [0.1, 0.15) is 23.4 Å². The largest absolute Gasteiger partial charge is 0.481 e. The van der Waals surface area contributed by atoms with E-state index in [0.29, 0.717) is 5.16 Å². The van der Waals surface area contributed by atoms with Crippen molar-refractivity contribution in [3.63, 3.8) is 0 Å². The zero-order valence-corrected chi connectivity index (χ0v) is 13.4. The molecule has 1 aliphatic heterocycles. The number of carbonyl (C=O) groups is 1. The number of anilines is 1. The molecule has 0 saturated carbocycles. The van der Waals surface area contributed by atoms with E-state index in [0.717, 1.165) is 18.9 Å². The molecule has 112 valence electrons. The minimum atomic E-state index is -0.848. The summed E-state index contributed by atoms with van der Waals surface area (Å²) in [4.78, 5) is 14.3. The topological polar surface area (TPSA) is 71.2 Å². The van der Waals surface area contributed by atoms with Gasteiger partial charge >= 0.3 is 5.97 Å². The fourth-order valence-electron chi connectivity index (χ4n) is 2.59. The fourth-order valence-corrected chi connectivity index (χ4v) is 4.18. The van der Waals surface area contributed by atoms with E-state index >= 15 is 0 Å². The Morgan fingerprint density at radius 2 is 2.38 bits per heavy atom. The molecule has 3 rings (SSSR count). The summed E-state index contributed by atoms with van der Waals surface area (Å²) in [5.41, 5.74) is 1.36. The van der Waals surface area contributed by atoms with Gasteiger partial charge in [-0.15, -0.1) is 21.5 Å². The van der Waals surface area contributed by atoms with Crippen molar-refractivity contribution in [2.24, 2.45) is 7.05 Å². The predicted octanol–water partition coefficient (Wildman–Crippen LogP) is 2.18. The van der Waals surface area contributed by atoms with Crippen LogP contribution >= 0.6 is 23.1 Å². The van der Waals surface area contributed by atoms with Gasteiger partial charge in [0.05, 0.1) is 11.8 Å². The SMILES string of the molecule is CC1c2ccsc2CCN1c1nnc(SCC(=O)O)n1C. The van der Waals surface area contributed by atoms with E-state index in [-0.39, 0.29) is 11.8 Å². The highest BCUT2D eigenvalue weighted by molar-refractivity contribution is 7.99. The Bertz CT molecular complexity index is 667. The maximum Gasteiger partial charge on any atom is 0.313 e. The second-order valence-corrected chi connectivity index (χ2v) is 6.89.